The molecule has 5 nitrogen and oxygen atoms in total. The van der Waals surface area contributed by atoms with Crippen LogP contribution in [0.2, 0.25) is 0 Å². The zero-order valence-electron chi connectivity index (χ0n) is 18.3. The van der Waals surface area contributed by atoms with Crippen molar-refractivity contribution in [3.05, 3.63) is 80.9 Å². The van der Waals surface area contributed by atoms with Gasteiger partial charge in [-0.1, -0.05) is 82.1 Å². The fourth-order valence-corrected chi connectivity index (χ4v) is 4.43. The van der Waals surface area contributed by atoms with Crippen LogP contribution in [0, 0.1) is 10.1 Å². The van der Waals surface area contributed by atoms with E-state index in [2.05, 4.69) is 32.9 Å². The average molecular weight is 412 g/mol. The van der Waals surface area contributed by atoms with Crippen LogP contribution in [0.1, 0.15) is 99.5 Å². The molecule has 2 aromatic carbocycles. The van der Waals surface area contributed by atoms with Crippen LogP contribution < -0.4 is 0 Å². The van der Waals surface area contributed by atoms with Crippen LogP contribution in [0.5, 0.6) is 0 Å². The Morgan fingerprint density at radius 2 is 1.43 bits per heavy atom. The number of hydrogen-bond donors (Lipinski definition) is 0. The molecule has 3 rings (SSSR count). The molecular weight excluding hydrogens is 378 g/mol. The second-order valence-electron chi connectivity index (χ2n) is 8.01. The van der Waals surface area contributed by atoms with E-state index < -0.39 is 6.29 Å². The van der Waals surface area contributed by atoms with Gasteiger partial charge in [-0.15, -0.1) is 0 Å². The highest BCUT2D eigenvalue weighted by atomic mass is 16.7. The molecule has 1 aliphatic rings. The van der Waals surface area contributed by atoms with E-state index in [0.717, 1.165) is 43.2 Å². The highest BCUT2D eigenvalue weighted by molar-refractivity contribution is 5.35. The van der Waals surface area contributed by atoms with Crippen LogP contribution in [0.4, 0.5) is 0 Å². The number of nitrogens with zero attached hydrogens (tertiary/aromatic N) is 1. The number of hydrogen-bond acceptors (Lipinski definition) is 4. The molecule has 162 valence electrons. The number of benzene rings is 2. The number of nitro groups is 1. The highest BCUT2D eigenvalue weighted by Gasteiger charge is 2.33. The van der Waals surface area contributed by atoms with Gasteiger partial charge >= 0.3 is 0 Å². The summed E-state index contributed by atoms with van der Waals surface area (Å²) >= 11 is 0. The molecule has 2 aromatic rings. The molecule has 0 aromatic heterocycles. The third kappa shape index (κ3) is 5.08. The maximum atomic E-state index is 11.4. The van der Waals surface area contributed by atoms with E-state index in [1.54, 1.807) is 0 Å². The summed E-state index contributed by atoms with van der Waals surface area (Å²) in [5, 5.41) is 11.4. The molecule has 1 heterocycles. The molecule has 0 saturated carbocycles. The van der Waals surface area contributed by atoms with Gasteiger partial charge in [-0.2, -0.15) is 0 Å². The van der Waals surface area contributed by atoms with Crippen molar-refractivity contribution in [2.45, 2.75) is 77.3 Å². The molecule has 0 spiro atoms. The SMILES string of the molecule is CCCCC(C[N+](=O)[O-])c1ccccc1C1O[C@@H](CC)c2ccccc2[C@H](CC)O1. The lowest BCUT2D eigenvalue weighted by Crippen LogP contribution is -2.18. The quantitative estimate of drug-likeness (QED) is 0.333. The third-order valence-corrected chi connectivity index (χ3v) is 5.97. The summed E-state index contributed by atoms with van der Waals surface area (Å²) in [6.07, 6.45) is 3.75. The van der Waals surface area contributed by atoms with Gasteiger partial charge in [0.15, 0.2) is 6.29 Å². The van der Waals surface area contributed by atoms with E-state index >= 15 is 0 Å². The Balaban J connectivity index is 2.00. The lowest BCUT2D eigenvalue weighted by Gasteiger charge is -2.27. The van der Waals surface area contributed by atoms with E-state index in [4.69, 9.17) is 9.47 Å². The Labute approximate surface area is 179 Å². The molecular formula is C25H33NO4. The van der Waals surface area contributed by atoms with Gasteiger partial charge < -0.3 is 9.47 Å². The third-order valence-electron chi connectivity index (χ3n) is 5.97. The predicted octanol–water partition coefficient (Wildman–Crippen LogP) is 6.88. The molecule has 0 radical (unpaired) electrons. The summed E-state index contributed by atoms with van der Waals surface area (Å²) in [5.74, 6) is -0.144. The lowest BCUT2D eigenvalue weighted by atomic mass is 9.89. The monoisotopic (exact) mass is 411 g/mol. The van der Waals surface area contributed by atoms with Crippen molar-refractivity contribution in [2.75, 3.05) is 6.54 Å². The first kappa shape index (κ1) is 22.4. The first-order valence-corrected chi connectivity index (χ1v) is 11.2. The summed E-state index contributed by atoms with van der Waals surface area (Å²) in [6, 6.07) is 16.3. The Morgan fingerprint density at radius 3 is 1.93 bits per heavy atom. The van der Waals surface area contributed by atoms with Gasteiger partial charge in [-0.25, -0.2) is 0 Å². The van der Waals surface area contributed by atoms with Crippen molar-refractivity contribution >= 4 is 0 Å². The molecule has 0 bridgehead atoms. The van der Waals surface area contributed by atoms with E-state index in [9.17, 15) is 10.1 Å². The molecule has 5 heteroatoms. The Kier molecular flexibility index (Phi) is 8.00. The number of ether oxygens (including phenoxy) is 2. The van der Waals surface area contributed by atoms with Gasteiger partial charge in [-0.3, -0.25) is 10.1 Å². The maximum absolute atomic E-state index is 11.4. The van der Waals surface area contributed by atoms with Gasteiger partial charge in [0.1, 0.15) is 0 Å². The molecule has 0 aliphatic carbocycles. The maximum Gasteiger partial charge on any atom is 0.210 e. The molecule has 0 N–H and O–H groups in total. The van der Waals surface area contributed by atoms with E-state index in [1.165, 1.54) is 11.1 Å². The van der Waals surface area contributed by atoms with Crippen molar-refractivity contribution in [3.63, 3.8) is 0 Å². The Hall–Kier alpha value is -2.24. The van der Waals surface area contributed by atoms with Gasteiger partial charge in [0.25, 0.3) is 0 Å². The van der Waals surface area contributed by atoms with E-state index in [1.807, 2.05) is 36.4 Å². The summed E-state index contributed by atoms with van der Waals surface area (Å²) < 4.78 is 13.0. The summed E-state index contributed by atoms with van der Waals surface area (Å²) in [4.78, 5) is 11.2. The van der Waals surface area contributed by atoms with Crippen LogP contribution in [-0.4, -0.2) is 11.5 Å². The van der Waals surface area contributed by atoms with Crippen LogP contribution >= 0.6 is 0 Å². The van der Waals surface area contributed by atoms with Gasteiger partial charge in [0, 0.05) is 16.4 Å². The largest absolute Gasteiger partial charge is 0.340 e. The highest BCUT2D eigenvalue weighted by Crippen LogP contribution is 2.44. The molecule has 0 saturated heterocycles. The van der Waals surface area contributed by atoms with Gasteiger partial charge in [0.2, 0.25) is 6.54 Å². The topological polar surface area (TPSA) is 61.6 Å². The minimum Gasteiger partial charge on any atom is -0.340 e. The van der Waals surface area contributed by atoms with Crippen LogP contribution in [0.3, 0.4) is 0 Å². The zero-order chi connectivity index (χ0) is 21.5. The number of rotatable bonds is 9. The van der Waals surface area contributed by atoms with Crippen LogP contribution in [0.15, 0.2) is 48.5 Å². The summed E-state index contributed by atoms with van der Waals surface area (Å²) in [6.45, 7) is 6.28. The van der Waals surface area contributed by atoms with Crippen molar-refractivity contribution in [1.82, 2.24) is 0 Å². The van der Waals surface area contributed by atoms with E-state index in [-0.39, 0.29) is 29.6 Å². The molecule has 3 atom stereocenters. The number of unbranched alkanes of at least 4 members (excludes halogenated alkanes) is 1. The average Bonchev–Trinajstić information content (AvgIpc) is 2.93. The minimum absolute atomic E-state index is 0.0691. The standard InChI is InChI=1S/C25H33NO4/c1-4-7-12-18(17-26(27)28)19-13-8-11-16-22(19)25-29-23(5-2)20-14-9-10-15-21(20)24(6-3)30-25/h8-11,13-16,18,23-25H,4-7,12,17H2,1-3H3/t18?,23-,24-/m0/s1. The summed E-state index contributed by atoms with van der Waals surface area (Å²) in [5.41, 5.74) is 4.26. The second kappa shape index (κ2) is 10.7. The lowest BCUT2D eigenvalue weighted by molar-refractivity contribution is -0.483. The first-order chi connectivity index (χ1) is 14.6. The van der Waals surface area contributed by atoms with Crippen molar-refractivity contribution < 1.29 is 14.4 Å². The predicted molar refractivity (Wildman–Crippen MR) is 118 cm³/mol. The second-order valence-corrected chi connectivity index (χ2v) is 8.01. The van der Waals surface area contributed by atoms with Crippen LogP contribution in [0.25, 0.3) is 0 Å². The first-order valence-electron chi connectivity index (χ1n) is 11.2. The van der Waals surface area contributed by atoms with E-state index in [0.29, 0.717) is 0 Å². The van der Waals surface area contributed by atoms with Crippen LogP contribution in [-0.2, 0) is 9.47 Å². The molecule has 1 unspecified atom stereocenters. The van der Waals surface area contributed by atoms with Crippen molar-refractivity contribution in [3.8, 4) is 0 Å². The molecule has 1 aliphatic heterocycles. The minimum atomic E-state index is -0.542. The molecule has 0 amide bonds. The number of fused-ring (bicyclic) bond motifs is 1. The fraction of sp³-hybridized carbons (Fsp3) is 0.520. The smallest absolute Gasteiger partial charge is 0.210 e. The Bertz CT molecular complexity index is 804. The zero-order valence-corrected chi connectivity index (χ0v) is 18.3. The fourth-order valence-electron chi connectivity index (χ4n) is 4.43. The van der Waals surface area contributed by atoms with Gasteiger partial charge in [0.05, 0.1) is 12.2 Å². The van der Waals surface area contributed by atoms with Crippen molar-refractivity contribution in [2.24, 2.45) is 0 Å². The van der Waals surface area contributed by atoms with Gasteiger partial charge in [-0.05, 0) is 36.0 Å². The van der Waals surface area contributed by atoms with Crippen molar-refractivity contribution in [1.29, 1.82) is 0 Å². The normalized spacial score (nSPS) is 20.4. The Morgan fingerprint density at radius 1 is 0.900 bits per heavy atom. The summed E-state index contributed by atoms with van der Waals surface area (Å²) in [7, 11) is 0. The molecule has 0 fully saturated rings. The molecule has 30 heavy (non-hydrogen) atoms.